The smallest absolute Gasteiger partial charge is 0.416 e. The molecule has 0 aliphatic carbocycles. The van der Waals surface area contributed by atoms with Crippen LogP contribution in [0.2, 0.25) is 0 Å². The van der Waals surface area contributed by atoms with Gasteiger partial charge in [-0.25, -0.2) is 0 Å². The van der Waals surface area contributed by atoms with Gasteiger partial charge >= 0.3 is 12.4 Å². The van der Waals surface area contributed by atoms with E-state index in [2.05, 4.69) is 5.32 Å². The molecule has 0 saturated carbocycles. The maximum absolute atomic E-state index is 12.9. The molecule has 0 radical (unpaired) electrons. The van der Waals surface area contributed by atoms with E-state index in [0.717, 1.165) is 0 Å². The number of benzene rings is 2. The number of carbonyl (C=O) groups excluding carboxylic acids is 1. The van der Waals surface area contributed by atoms with Crippen LogP contribution in [0.3, 0.4) is 0 Å². The van der Waals surface area contributed by atoms with Gasteiger partial charge in [-0.2, -0.15) is 26.3 Å². The summed E-state index contributed by atoms with van der Waals surface area (Å²) in [5.74, 6) is -0.1000. The average molecular weight is 407 g/mol. The number of amides is 1. The van der Waals surface area contributed by atoms with Crippen LogP contribution in [-0.4, -0.2) is 20.1 Å². The highest BCUT2D eigenvalue weighted by Gasteiger charge is 2.37. The maximum Gasteiger partial charge on any atom is 0.416 e. The molecule has 0 spiro atoms. The third kappa shape index (κ3) is 5.30. The number of hydrogen-bond acceptors (Lipinski definition) is 3. The van der Waals surface area contributed by atoms with Crippen molar-refractivity contribution in [3.05, 3.63) is 53.1 Å². The van der Waals surface area contributed by atoms with Crippen LogP contribution in [0, 0.1) is 0 Å². The summed E-state index contributed by atoms with van der Waals surface area (Å²) in [6, 6.07) is 5.44. The molecule has 0 aliphatic rings. The summed E-state index contributed by atoms with van der Waals surface area (Å²) in [4.78, 5) is 12.2. The molecule has 4 nitrogen and oxygen atoms in total. The van der Waals surface area contributed by atoms with Gasteiger partial charge in [-0.1, -0.05) is 0 Å². The third-order valence-corrected chi connectivity index (χ3v) is 3.71. The summed E-state index contributed by atoms with van der Waals surface area (Å²) < 4.78 is 87.5. The zero-order valence-corrected chi connectivity index (χ0v) is 14.7. The second-order valence-electron chi connectivity index (χ2n) is 5.70. The molecule has 0 aliphatic heterocycles. The second kappa shape index (κ2) is 7.99. The van der Waals surface area contributed by atoms with Crippen LogP contribution in [0.25, 0.3) is 0 Å². The van der Waals surface area contributed by atoms with Gasteiger partial charge in [0.15, 0.2) is 0 Å². The van der Waals surface area contributed by atoms with E-state index in [0.29, 0.717) is 29.2 Å². The molecular weight excluding hydrogens is 392 g/mol. The van der Waals surface area contributed by atoms with Crippen LogP contribution in [0.5, 0.6) is 11.5 Å². The summed E-state index contributed by atoms with van der Waals surface area (Å²) in [7, 11) is 2.75. The summed E-state index contributed by atoms with van der Waals surface area (Å²) >= 11 is 0. The van der Waals surface area contributed by atoms with Gasteiger partial charge in [-0.05, 0) is 36.4 Å². The van der Waals surface area contributed by atoms with Crippen molar-refractivity contribution in [1.29, 1.82) is 0 Å². The molecule has 0 atom stereocenters. The van der Waals surface area contributed by atoms with Crippen LogP contribution >= 0.6 is 0 Å². The lowest BCUT2D eigenvalue weighted by Crippen LogP contribution is -2.17. The minimum absolute atomic E-state index is 0.0132. The topological polar surface area (TPSA) is 47.6 Å². The van der Waals surface area contributed by atoms with E-state index in [1.807, 2.05) is 0 Å². The van der Waals surface area contributed by atoms with Crippen LogP contribution in [-0.2, 0) is 23.6 Å². The Balaban J connectivity index is 2.31. The molecule has 0 bridgehead atoms. The van der Waals surface area contributed by atoms with E-state index in [1.165, 1.54) is 26.4 Å². The number of nitrogens with one attached hydrogen (secondary N) is 1. The van der Waals surface area contributed by atoms with E-state index >= 15 is 0 Å². The van der Waals surface area contributed by atoms with Crippen LogP contribution < -0.4 is 14.8 Å². The van der Waals surface area contributed by atoms with Crippen LogP contribution in [0.15, 0.2) is 36.4 Å². The van der Waals surface area contributed by atoms with Gasteiger partial charge in [-0.15, -0.1) is 0 Å². The van der Waals surface area contributed by atoms with Crippen LogP contribution in [0.4, 0.5) is 32.0 Å². The van der Waals surface area contributed by atoms with Gasteiger partial charge in [0.05, 0.1) is 31.8 Å². The summed E-state index contributed by atoms with van der Waals surface area (Å²) in [5.41, 5.74) is -3.30. The van der Waals surface area contributed by atoms with Gasteiger partial charge < -0.3 is 14.8 Å². The monoisotopic (exact) mass is 407 g/mol. The van der Waals surface area contributed by atoms with Gasteiger partial charge in [0.2, 0.25) is 5.91 Å². The van der Waals surface area contributed by atoms with Crippen molar-refractivity contribution in [2.75, 3.05) is 19.5 Å². The molecule has 1 amide bonds. The first-order chi connectivity index (χ1) is 12.9. The molecule has 2 aromatic carbocycles. The standard InChI is InChI=1S/C18H15F6NO3/c1-27-14-3-4-15(28-2)10(5-14)6-16(26)25-13-8-11(17(19,20)21)7-12(9-13)18(22,23)24/h3-5,7-9H,6H2,1-2H3,(H,25,26). The number of halogens is 6. The fourth-order valence-electron chi connectivity index (χ4n) is 2.43. The fraction of sp³-hybridized carbons (Fsp3) is 0.278. The quantitative estimate of drug-likeness (QED) is 0.716. The lowest BCUT2D eigenvalue weighted by molar-refractivity contribution is -0.143. The van der Waals surface area contributed by atoms with Crippen molar-refractivity contribution >= 4 is 11.6 Å². The molecule has 152 valence electrons. The first kappa shape index (κ1) is 21.4. The maximum atomic E-state index is 12.9. The van der Waals surface area contributed by atoms with E-state index < -0.39 is 35.1 Å². The number of carbonyl (C=O) groups is 1. The Morgan fingerprint density at radius 3 is 1.93 bits per heavy atom. The summed E-state index contributed by atoms with van der Waals surface area (Å²) in [6.07, 6.45) is -10.4. The summed E-state index contributed by atoms with van der Waals surface area (Å²) in [6.45, 7) is 0. The second-order valence-corrected chi connectivity index (χ2v) is 5.70. The van der Waals surface area contributed by atoms with Crippen LogP contribution in [0.1, 0.15) is 16.7 Å². The van der Waals surface area contributed by atoms with Crippen molar-refractivity contribution in [3.8, 4) is 11.5 Å². The predicted octanol–water partition coefficient (Wildman–Crippen LogP) is 4.92. The lowest BCUT2D eigenvalue weighted by Gasteiger charge is -2.15. The summed E-state index contributed by atoms with van der Waals surface area (Å²) in [5, 5.41) is 2.07. The SMILES string of the molecule is COc1ccc(OC)c(CC(=O)Nc2cc(C(F)(F)F)cc(C(F)(F)F)c2)c1. The van der Waals surface area contributed by atoms with Gasteiger partial charge in [0.1, 0.15) is 11.5 Å². The molecule has 0 unspecified atom stereocenters. The highest BCUT2D eigenvalue weighted by molar-refractivity contribution is 5.93. The molecule has 0 fully saturated rings. The Morgan fingerprint density at radius 1 is 0.893 bits per heavy atom. The number of ether oxygens (including phenoxy) is 2. The zero-order chi connectivity index (χ0) is 21.1. The number of rotatable bonds is 5. The lowest BCUT2D eigenvalue weighted by atomic mass is 10.1. The zero-order valence-electron chi connectivity index (χ0n) is 14.7. The molecule has 2 rings (SSSR count). The fourth-order valence-corrected chi connectivity index (χ4v) is 2.43. The Kier molecular flexibility index (Phi) is 6.10. The van der Waals surface area contributed by atoms with Crippen molar-refractivity contribution in [3.63, 3.8) is 0 Å². The predicted molar refractivity (Wildman–Crippen MR) is 88.3 cm³/mol. The number of anilines is 1. The Morgan fingerprint density at radius 2 is 1.46 bits per heavy atom. The number of hydrogen-bond donors (Lipinski definition) is 1. The molecule has 0 heterocycles. The molecule has 0 saturated heterocycles. The van der Waals surface area contributed by atoms with E-state index in [9.17, 15) is 31.1 Å². The van der Waals surface area contributed by atoms with Gasteiger partial charge in [0.25, 0.3) is 0 Å². The van der Waals surface area contributed by atoms with Gasteiger partial charge in [-0.3, -0.25) is 4.79 Å². The van der Waals surface area contributed by atoms with E-state index in [-0.39, 0.29) is 12.5 Å². The molecule has 10 heteroatoms. The third-order valence-electron chi connectivity index (χ3n) is 3.71. The Bertz CT molecular complexity index is 829. The molecule has 28 heavy (non-hydrogen) atoms. The highest BCUT2D eigenvalue weighted by Crippen LogP contribution is 2.37. The largest absolute Gasteiger partial charge is 0.497 e. The highest BCUT2D eigenvalue weighted by atomic mass is 19.4. The van der Waals surface area contributed by atoms with Crippen molar-refractivity contribution in [1.82, 2.24) is 0 Å². The van der Waals surface area contributed by atoms with E-state index in [4.69, 9.17) is 9.47 Å². The minimum Gasteiger partial charge on any atom is -0.497 e. The van der Waals surface area contributed by atoms with Crippen molar-refractivity contribution in [2.45, 2.75) is 18.8 Å². The molecule has 1 N–H and O–H groups in total. The van der Waals surface area contributed by atoms with E-state index in [1.54, 1.807) is 6.07 Å². The molecular formula is C18H15F6NO3. The first-order valence-corrected chi connectivity index (χ1v) is 7.74. The molecule has 2 aromatic rings. The van der Waals surface area contributed by atoms with Gasteiger partial charge in [0, 0.05) is 11.3 Å². The van der Waals surface area contributed by atoms with Crippen molar-refractivity contribution in [2.24, 2.45) is 0 Å². The normalized spacial score (nSPS) is 11.9. The minimum atomic E-state index is -5.00. The average Bonchev–Trinajstić information content (AvgIpc) is 2.59. The van der Waals surface area contributed by atoms with Crippen molar-refractivity contribution < 1.29 is 40.6 Å². The Hall–Kier alpha value is -2.91. The molecule has 0 aromatic heterocycles. The number of alkyl halides is 6. The Labute approximate surface area is 156 Å². The first-order valence-electron chi connectivity index (χ1n) is 7.74. The number of methoxy groups -OCH3 is 2.